The molecular formula is C21H45NO. The van der Waals surface area contributed by atoms with Crippen LogP contribution in [0.2, 0.25) is 0 Å². The molecule has 0 aromatic rings. The normalized spacial score (nSPS) is 13.2. The molecule has 23 heavy (non-hydrogen) atoms. The fraction of sp³-hybridized carbons (Fsp3) is 1.00. The molecule has 0 N–H and O–H groups in total. The van der Waals surface area contributed by atoms with E-state index in [9.17, 15) is 0 Å². The number of hydrogen-bond donors (Lipinski definition) is 0. The Labute approximate surface area is 147 Å². The first kappa shape index (κ1) is 22.9. The average Bonchev–Trinajstić information content (AvgIpc) is 2.56. The highest BCUT2D eigenvalue weighted by Crippen LogP contribution is 2.15. The quantitative estimate of drug-likeness (QED) is 0.297. The second kappa shape index (κ2) is 16.8. The summed E-state index contributed by atoms with van der Waals surface area (Å²) in [6.07, 6.45) is 13.2. The molecule has 0 spiro atoms. The van der Waals surface area contributed by atoms with Crippen molar-refractivity contribution >= 4 is 0 Å². The molecule has 2 nitrogen and oxygen atoms in total. The Balaban J connectivity index is 3.30. The fourth-order valence-corrected chi connectivity index (χ4v) is 3.16. The van der Waals surface area contributed by atoms with Crippen molar-refractivity contribution in [3.63, 3.8) is 0 Å². The summed E-state index contributed by atoms with van der Waals surface area (Å²) in [6, 6.07) is 0. The van der Waals surface area contributed by atoms with Crippen LogP contribution in [0.4, 0.5) is 0 Å². The summed E-state index contributed by atoms with van der Waals surface area (Å²) in [5, 5.41) is 0. The molecule has 0 saturated carbocycles. The van der Waals surface area contributed by atoms with Crippen LogP contribution in [0.3, 0.4) is 0 Å². The van der Waals surface area contributed by atoms with Gasteiger partial charge in [0.15, 0.2) is 0 Å². The first-order chi connectivity index (χ1) is 11.1. The van der Waals surface area contributed by atoms with Gasteiger partial charge in [0.05, 0.1) is 0 Å². The van der Waals surface area contributed by atoms with Crippen LogP contribution in [0.1, 0.15) is 91.9 Å². The Morgan fingerprint density at radius 2 is 1.43 bits per heavy atom. The van der Waals surface area contributed by atoms with Gasteiger partial charge in [-0.15, -0.1) is 0 Å². The van der Waals surface area contributed by atoms with Gasteiger partial charge in [0.1, 0.15) is 0 Å². The zero-order chi connectivity index (χ0) is 17.3. The topological polar surface area (TPSA) is 12.5 Å². The SMILES string of the molecule is CCCCC(C)CCCCOCCCCN(C)CC(CC)CC. The Hall–Kier alpha value is -0.0800. The van der Waals surface area contributed by atoms with Crippen LogP contribution >= 0.6 is 0 Å². The third-order valence-electron chi connectivity index (χ3n) is 5.09. The Kier molecular flexibility index (Phi) is 16.7. The van der Waals surface area contributed by atoms with E-state index in [4.69, 9.17) is 4.74 Å². The minimum Gasteiger partial charge on any atom is -0.381 e. The molecule has 0 amide bonds. The summed E-state index contributed by atoms with van der Waals surface area (Å²) in [5.74, 6) is 1.77. The molecule has 0 heterocycles. The van der Waals surface area contributed by atoms with Gasteiger partial charge in [0.2, 0.25) is 0 Å². The summed E-state index contributed by atoms with van der Waals surface area (Å²) in [6.45, 7) is 13.7. The average molecular weight is 328 g/mol. The molecule has 0 rings (SSSR count). The van der Waals surface area contributed by atoms with Crippen molar-refractivity contribution < 1.29 is 4.74 Å². The highest BCUT2D eigenvalue weighted by molar-refractivity contribution is 4.60. The molecule has 2 heteroatoms. The predicted octanol–water partition coefficient (Wildman–Crippen LogP) is 6.15. The summed E-state index contributed by atoms with van der Waals surface area (Å²) in [4.78, 5) is 2.50. The molecule has 0 aliphatic rings. The first-order valence-electron chi connectivity index (χ1n) is 10.4. The molecule has 0 fully saturated rings. The summed E-state index contributed by atoms with van der Waals surface area (Å²) in [5.41, 5.74) is 0. The van der Waals surface area contributed by atoms with Crippen molar-refractivity contribution in [1.82, 2.24) is 4.90 Å². The molecule has 0 aliphatic carbocycles. The van der Waals surface area contributed by atoms with Gasteiger partial charge >= 0.3 is 0 Å². The lowest BCUT2D eigenvalue weighted by molar-refractivity contribution is 0.122. The van der Waals surface area contributed by atoms with Crippen molar-refractivity contribution in [2.24, 2.45) is 11.8 Å². The Bertz CT molecular complexity index is 228. The maximum atomic E-state index is 5.78. The van der Waals surface area contributed by atoms with E-state index in [1.165, 1.54) is 77.3 Å². The number of unbranched alkanes of at least 4 members (excludes halogenated alkanes) is 3. The lowest BCUT2D eigenvalue weighted by atomic mass is 9.98. The third-order valence-corrected chi connectivity index (χ3v) is 5.09. The van der Waals surface area contributed by atoms with Crippen LogP contribution in [0.5, 0.6) is 0 Å². The van der Waals surface area contributed by atoms with Crippen molar-refractivity contribution in [3.05, 3.63) is 0 Å². The maximum Gasteiger partial charge on any atom is 0.0466 e. The first-order valence-corrected chi connectivity index (χ1v) is 10.4. The van der Waals surface area contributed by atoms with Crippen molar-refractivity contribution in [3.8, 4) is 0 Å². The number of rotatable bonds is 17. The molecule has 0 aromatic carbocycles. The van der Waals surface area contributed by atoms with Crippen LogP contribution in [0.25, 0.3) is 0 Å². The van der Waals surface area contributed by atoms with Gasteiger partial charge in [-0.2, -0.15) is 0 Å². The van der Waals surface area contributed by atoms with Gasteiger partial charge < -0.3 is 9.64 Å². The van der Waals surface area contributed by atoms with E-state index in [-0.39, 0.29) is 0 Å². The number of ether oxygens (including phenoxy) is 1. The van der Waals surface area contributed by atoms with Gasteiger partial charge in [0, 0.05) is 19.8 Å². The highest BCUT2D eigenvalue weighted by atomic mass is 16.5. The minimum atomic E-state index is 0.871. The van der Waals surface area contributed by atoms with Crippen LogP contribution < -0.4 is 0 Å². The van der Waals surface area contributed by atoms with Gasteiger partial charge in [-0.3, -0.25) is 0 Å². The van der Waals surface area contributed by atoms with E-state index in [0.29, 0.717) is 0 Å². The largest absolute Gasteiger partial charge is 0.381 e. The van der Waals surface area contributed by atoms with Crippen LogP contribution in [0, 0.1) is 11.8 Å². The maximum absolute atomic E-state index is 5.78. The molecule has 0 aliphatic heterocycles. The van der Waals surface area contributed by atoms with Crippen molar-refractivity contribution in [1.29, 1.82) is 0 Å². The summed E-state index contributed by atoms with van der Waals surface area (Å²) in [7, 11) is 2.26. The second-order valence-electron chi connectivity index (χ2n) is 7.51. The predicted molar refractivity (Wildman–Crippen MR) is 104 cm³/mol. The number of nitrogens with zero attached hydrogens (tertiary/aromatic N) is 1. The standard InChI is InChI=1S/C21H45NO/c1-6-9-14-20(4)15-10-12-17-23-18-13-11-16-22(5)19-21(7-2)8-3/h20-21H,6-19H2,1-5H3. The van der Waals surface area contributed by atoms with E-state index < -0.39 is 0 Å². The van der Waals surface area contributed by atoms with E-state index in [1.54, 1.807) is 0 Å². The fourth-order valence-electron chi connectivity index (χ4n) is 3.16. The lowest BCUT2D eigenvalue weighted by Crippen LogP contribution is -2.26. The van der Waals surface area contributed by atoms with Crippen LogP contribution in [-0.4, -0.2) is 38.3 Å². The molecule has 0 saturated heterocycles. The molecule has 0 aromatic heterocycles. The van der Waals surface area contributed by atoms with Crippen LogP contribution in [0.15, 0.2) is 0 Å². The van der Waals surface area contributed by atoms with Gasteiger partial charge in [-0.1, -0.05) is 72.6 Å². The Morgan fingerprint density at radius 1 is 0.826 bits per heavy atom. The van der Waals surface area contributed by atoms with Crippen molar-refractivity contribution in [2.45, 2.75) is 91.9 Å². The van der Waals surface area contributed by atoms with E-state index in [2.05, 4.69) is 39.6 Å². The van der Waals surface area contributed by atoms with Gasteiger partial charge in [-0.25, -0.2) is 0 Å². The zero-order valence-corrected chi connectivity index (χ0v) is 16.9. The molecule has 140 valence electrons. The highest BCUT2D eigenvalue weighted by Gasteiger charge is 2.07. The molecule has 0 bridgehead atoms. The molecular weight excluding hydrogens is 282 g/mol. The van der Waals surface area contributed by atoms with E-state index >= 15 is 0 Å². The molecule has 0 radical (unpaired) electrons. The lowest BCUT2D eigenvalue weighted by Gasteiger charge is -2.22. The summed E-state index contributed by atoms with van der Waals surface area (Å²) >= 11 is 0. The smallest absolute Gasteiger partial charge is 0.0466 e. The molecule has 1 atom stereocenters. The number of hydrogen-bond acceptors (Lipinski definition) is 2. The monoisotopic (exact) mass is 327 g/mol. The van der Waals surface area contributed by atoms with E-state index in [0.717, 1.165) is 25.0 Å². The van der Waals surface area contributed by atoms with Gasteiger partial charge in [-0.05, 0) is 44.7 Å². The summed E-state index contributed by atoms with van der Waals surface area (Å²) < 4.78 is 5.78. The van der Waals surface area contributed by atoms with Crippen molar-refractivity contribution in [2.75, 3.05) is 33.4 Å². The van der Waals surface area contributed by atoms with E-state index in [1.807, 2.05) is 0 Å². The van der Waals surface area contributed by atoms with Crippen LogP contribution in [-0.2, 0) is 4.74 Å². The zero-order valence-electron chi connectivity index (χ0n) is 16.9. The minimum absolute atomic E-state index is 0.871. The third kappa shape index (κ3) is 15.2. The molecule has 1 unspecified atom stereocenters. The van der Waals surface area contributed by atoms with Gasteiger partial charge in [0.25, 0.3) is 0 Å². The Morgan fingerprint density at radius 3 is 2.04 bits per heavy atom. The second-order valence-corrected chi connectivity index (χ2v) is 7.51.